The van der Waals surface area contributed by atoms with Crippen LogP contribution in [0.1, 0.15) is 23.0 Å². The van der Waals surface area contributed by atoms with Crippen molar-refractivity contribution in [1.29, 1.82) is 0 Å². The van der Waals surface area contributed by atoms with Crippen LogP contribution in [0.3, 0.4) is 0 Å². The predicted octanol–water partition coefficient (Wildman–Crippen LogP) is 5.18. The molecule has 0 radical (unpaired) electrons. The number of aromatic hydroxyl groups is 1. The second-order valence-corrected chi connectivity index (χ2v) is 7.24. The predicted molar refractivity (Wildman–Crippen MR) is 99.4 cm³/mol. The van der Waals surface area contributed by atoms with Gasteiger partial charge in [-0.05, 0) is 29.8 Å². The Balaban J connectivity index is 2.02. The highest BCUT2D eigenvalue weighted by Crippen LogP contribution is 2.45. The van der Waals surface area contributed by atoms with Gasteiger partial charge in [0.15, 0.2) is 0 Å². The van der Waals surface area contributed by atoms with Crippen molar-refractivity contribution in [2.75, 3.05) is 19.6 Å². The van der Waals surface area contributed by atoms with Gasteiger partial charge in [0.05, 0.1) is 0 Å². The summed E-state index contributed by atoms with van der Waals surface area (Å²) in [5.74, 6) is 0.819. The highest BCUT2D eigenvalue weighted by atomic mass is 79.9. The molecular weight excluding hydrogens is 374 g/mol. The van der Waals surface area contributed by atoms with E-state index in [1.165, 1.54) is 5.56 Å². The molecule has 0 amide bonds. The van der Waals surface area contributed by atoms with E-state index in [0.717, 1.165) is 29.7 Å². The second kappa shape index (κ2) is 7.08. The molecule has 120 valence electrons. The third-order valence-electron chi connectivity index (χ3n) is 4.48. The molecule has 2 nitrogen and oxygen atoms in total. The molecule has 1 aliphatic rings. The molecule has 1 N–H and O–H groups in total. The van der Waals surface area contributed by atoms with Crippen LogP contribution in [0.2, 0.25) is 5.02 Å². The Labute approximate surface area is 150 Å². The fourth-order valence-corrected chi connectivity index (χ4v) is 4.20. The fraction of sp³-hybridized carbons (Fsp3) is 0.263. The van der Waals surface area contributed by atoms with Crippen molar-refractivity contribution in [1.82, 2.24) is 4.90 Å². The fourth-order valence-electron chi connectivity index (χ4n) is 3.45. The molecule has 4 heteroatoms. The van der Waals surface area contributed by atoms with E-state index >= 15 is 0 Å². The van der Waals surface area contributed by atoms with Gasteiger partial charge in [-0.1, -0.05) is 51.8 Å². The van der Waals surface area contributed by atoms with Crippen LogP contribution >= 0.6 is 27.5 Å². The zero-order chi connectivity index (χ0) is 16.4. The Morgan fingerprint density at radius 2 is 1.87 bits per heavy atom. The minimum absolute atomic E-state index is 0.201. The number of phenols is 1. The summed E-state index contributed by atoms with van der Waals surface area (Å²) in [5.41, 5.74) is 2.19. The van der Waals surface area contributed by atoms with Crippen molar-refractivity contribution in [3.63, 3.8) is 0 Å². The summed E-state index contributed by atoms with van der Waals surface area (Å²) >= 11 is 9.84. The summed E-state index contributed by atoms with van der Waals surface area (Å²) in [6.07, 6.45) is 1.93. The molecule has 0 spiro atoms. The molecule has 23 heavy (non-hydrogen) atoms. The van der Waals surface area contributed by atoms with Gasteiger partial charge in [-0.25, -0.2) is 0 Å². The zero-order valence-electron chi connectivity index (χ0n) is 12.8. The Morgan fingerprint density at radius 1 is 1.17 bits per heavy atom. The second-order valence-electron chi connectivity index (χ2n) is 5.94. The molecule has 2 atom stereocenters. The van der Waals surface area contributed by atoms with Crippen LogP contribution in [0.5, 0.6) is 5.75 Å². The van der Waals surface area contributed by atoms with Gasteiger partial charge in [0.2, 0.25) is 0 Å². The van der Waals surface area contributed by atoms with E-state index in [2.05, 4.69) is 45.6 Å². The van der Waals surface area contributed by atoms with Crippen molar-refractivity contribution < 1.29 is 5.11 Å². The number of halogens is 2. The molecule has 0 saturated carbocycles. The van der Waals surface area contributed by atoms with Gasteiger partial charge in [-0.2, -0.15) is 0 Å². The van der Waals surface area contributed by atoms with Crippen molar-refractivity contribution in [2.24, 2.45) is 0 Å². The van der Waals surface area contributed by atoms with E-state index in [1.807, 2.05) is 18.2 Å². The molecule has 1 saturated heterocycles. The maximum Gasteiger partial charge on any atom is 0.119 e. The van der Waals surface area contributed by atoms with E-state index in [9.17, 15) is 5.11 Å². The third-order valence-corrected chi connectivity index (χ3v) is 5.43. The van der Waals surface area contributed by atoms with Crippen LogP contribution < -0.4 is 0 Å². The maximum absolute atomic E-state index is 10.3. The average Bonchev–Trinajstić information content (AvgIpc) is 2.94. The van der Waals surface area contributed by atoms with E-state index < -0.39 is 0 Å². The maximum atomic E-state index is 10.3. The normalized spacial score (nSPS) is 21.5. The van der Waals surface area contributed by atoms with Gasteiger partial charge < -0.3 is 5.11 Å². The monoisotopic (exact) mass is 391 g/mol. The summed E-state index contributed by atoms with van der Waals surface area (Å²) in [7, 11) is 0. The van der Waals surface area contributed by atoms with E-state index in [1.54, 1.807) is 12.1 Å². The summed E-state index contributed by atoms with van der Waals surface area (Å²) in [6.45, 7) is 6.51. The Morgan fingerprint density at radius 3 is 2.57 bits per heavy atom. The first-order valence-electron chi connectivity index (χ1n) is 7.66. The Hall–Kier alpha value is -1.29. The number of likely N-dealkylation sites (tertiary alicyclic amines) is 1. The van der Waals surface area contributed by atoms with Crippen LogP contribution in [0.15, 0.2) is 59.6 Å². The van der Waals surface area contributed by atoms with Gasteiger partial charge in [0.25, 0.3) is 0 Å². The van der Waals surface area contributed by atoms with E-state index in [0.29, 0.717) is 16.7 Å². The minimum Gasteiger partial charge on any atom is -0.508 e. The van der Waals surface area contributed by atoms with Gasteiger partial charge >= 0.3 is 0 Å². The first-order chi connectivity index (χ1) is 11.1. The van der Waals surface area contributed by atoms with Crippen molar-refractivity contribution in [3.8, 4) is 5.75 Å². The van der Waals surface area contributed by atoms with E-state index in [-0.39, 0.29) is 5.92 Å². The molecule has 0 aliphatic carbocycles. The Bertz CT molecular complexity index is 718. The quantitative estimate of drug-likeness (QED) is 0.725. The van der Waals surface area contributed by atoms with Crippen LogP contribution in [-0.4, -0.2) is 29.6 Å². The summed E-state index contributed by atoms with van der Waals surface area (Å²) < 4.78 is 1.11. The number of hydrogen-bond acceptors (Lipinski definition) is 2. The molecule has 0 bridgehead atoms. The highest BCUT2D eigenvalue weighted by Gasteiger charge is 2.36. The van der Waals surface area contributed by atoms with Gasteiger partial charge in [0.1, 0.15) is 5.75 Å². The molecular formula is C19H19BrClNO. The van der Waals surface area contributed by atoms with E-state index in [4.69, 9.17) is 11.6 Å². The molecule has 2 aromatic carbocycles. The number of hydrogen-bond donors (Lipinski definition) is 1. The minimum atomic E-state index is 0.201. The molecule has 3 rings (SSSR count). The SMILES string of the molecule is C=CCN1CC(c2cc(Cl)ccc2O)C(c2ccccc2Br)C1. The summed E-state index contributed by atoms with van der Waals surface area (Å²) in [4.78, 5) is 2.36. The number of benzene rings is 2. The molecule has 1 heterocycles. The van der Waals surface area contributed by atoms with Crippen molar-refractivity contribution in [2.45, 2.75) is 11.8 Å². The standard InChI is InChI=1S/C19H19BrClNO/c1-2-9-22-11-16(14-5-3-4-6-18(14)20)17(12-22)15-10-13(21)7-8-19(15)23/h2-8,10,16-17,23H,1,9,11-12H2. The highest BCUT2D eigenvalue weighted by molar-refractivity contribution is 9.10. The average molecular weight is 393 g/mol. The Kier molecular flexibility index (Phi) is 5.10. The first kappa shape index (κ1) is 16.6. The van der Waals surface area contributed by atoms with Crippen molar-refractivity contribution >= 4 is 27.5 Å². The lowest BCUT2D eigenvalue weighted by atomic mass is 9.84. The summed E-state index contributed by atoms with van der Waals surface area (Å²) in [6, 6.07) is 13.6. The molecule has 2 unspecified atom stereocenters. The topological polar surface area (TPSA) is 23.5 Å². The smallest absolute Gasteiger partial charge is 0.119 e. The van der Waals surface area contributed by atoms with Crippen LogP contribution in [0.4, 0.5) is 0 Å². The lowest BCUT2D eigenvalue weighted by Gasteiger charge is -2.21. The summed E-state index contributed by atoms with van der Waals surface area (Å²) in [5, 5.41) is 11.0. The lowest BCUT2D eigenvalue weighted by molar-refractivity contribution is 0.367. The molecule has 2 aromatic rings. The zero-order valence-corrected chi connectivity index (χ0v) is 15.1. The largest absolute Gasteiger partial charge is 0.508 e. The van der Waals surface area contributed by atoms with Crippen LogP contribution in [0.25, 0.3) is 0 Å². The molecule has 0 aromatic heterocycles. The van der Waals surface area contributed by atoms with Gasteiger partial charge in [0, 0.05) is 46.5 Å². The van der Waals surface area contributed by atoms with Crippen molar-refractivity contribution in [3.05, 3.63) is 75.7 Å². The molecule has 1 aliphatic heterocycles. The van der Waals surface area contributed by atoms with Gasteiger partial charge in [-0.15, -0.1) is 6.58 Å². The number of nitrogens with zero attached hydrogens (tertiary/aromatic N) is 1. The third kappa shape index (κ3) is 3.47. The van der Waals surface area contributed by atoms with Gasteiger partial charge in [-0.3, -0.25) is 4.90 Å². The molecule has 1 fully saturated rings. The number of phenolic OH excluding ortho intramolecular Hbond substituents is 1. The van der Waals surface area contributed by atoms with Crippen LogP contribution in [0, 0.1) is 0 Å². The van der Waals surface area contributed by atoms with Crippen LogP contribution in [-0.2, 0) is 0 Å². The first-order valence-corrected chi connectivity index (χ1v) is 8.83. The lowest BCUT2D eigenvalue weighted by Crippen LogP contribution is -2.20. The number of rotatable bonds is 4.